The van der Waals surface area contributed by atoms with Gasteiger partial charge in [-0.05, 0) is 37.1 Å². The zero-order chi connectivity index (χ0) is 23.5. The molecule has 0 spiro atoms. The van der Waals surface area contributed by atoms with Gasteiger partial charge in [0, 0.05) is 37.4 Å². The molecule has 7 nitrogen and oxygen atoms in total. The van der Waals surface area contributed by atoms with Crippen LogP contribution < -0.4 is 5.32 Å². The molecule has 1 fully saturated rings. The first kappa shape index (κ1) is 21.9. The average molecular weight is 457 g/mol. The van der Waals surface area contributed by atoms with Crippen molar-refractivity contribution in [1.82, 2.24) is 30.0 Å². The second-order valence-corrected chi connectivity index (χ2v) is 8.46. The number of nitrogens with zero attached hydrogens (tertiary/aromatic N) is 5. The van der Waals surface area contributed by atoms with E-state index in [-0.39, 0.29) is 23.7 Å². The summed E-state index contributed by atoms with van der Waals surface area (Å²) in [5, 5.41) is 7.47. The summed E-state index contributed by atoms with van der Waals surface area (Å²) in [5.41, 5.74) is 3.21. The van der Waals surface area contributed by atoms with Crippen molar-refractivity contribution >= 4 is 5.91 Å². The molecular weight excluding hydrogens is 431 g/mol. The summed E-state index contributed by atoms with van der Waals surface area (Å²) < 4.78 is 15.7. The minimum absolute atomic E-state index is 0.0830. The number of amides is 1. The Morgan fingerprint density at radius 2 is 1.91 bits per heavy atom. The van der Waals surface area contributed by atoms with Gasteiger partial charge in [-0.15, -0.1) is 0 Å². The van der Waals surface area contributed by atoms with Crippen LogP contribution in [0, 0.1) is 12.7 Å². The molecule has 1 amide bonds. The number of carbonyl (C=O) groups excluding carboxylic acids is 1. The molecule has 1 atom stereocenters. The van der Waals surface area contributed by atoms with Gasteiger partial charge in [-0.1, -0.05) is 42.5 Å². The van der Waals surface area contributed by atoms with Crippen LogP contribution >= 0.6 is 0 Å². The SMILES string of the molecule is Cc1c(C(=O)N[C@H]2CCN(Cc3ccccc3)C2)cnn1-c1nccc(-c2ccccc2F)n1. The summed E-state index contributed by atoms with van der Waals surface area (Å²) in [6, 6.07) is 18.5. The fourth-order valence-electron chi connectivity index (χ4n) is 4.30. The minimum atomic E-state index is -0.359. The highest BCUT2D eigenvalue weighted by molar-refractivity contribution is 5.95. The Morgan fingerprint density at radius 1 is 1.12 bits per heavy atom. The summed E-state index contributed by atoms with van der Waals surface area (Å²) in [5.74, 6) is -0.241. The topological polar surface area (TPSA) is 75.9 Å². The van der Waals surface area contributed by atoms with E-state index in [4.69, 9.17) is 0 Å². The number of hydrogen-bond donors (Lipinski definition) is 1. The van der Waals surface area contributed by atoms with Crippen LogP contribution in [0.5, 0.6) is 0 Å². The van der Waals surface area contributed by atoms with E-state index in [0.29, 0.717) is 22.5 Å². The fourth-order valence-corrected chi connectivity index (χ4v) is 4.30. The summed E-state index contributed by atoms with van der Waals surface area (Å²) in [4.78, 5) is 24.1. The molecule has 1 aliphatic rings. The number of likely N-dealkylation sites (tertiary alicyclic amines) is 1. The lowest BCUT2D eigenvalue weighted by Crippen LogP contribution is -2.37. The molecule has 5 rings (SSSR count). The first-order chi connectivity index (χ1) is 16.6. The van der Waals surface area contributed by atoms with Crippen LogP contribution in [-0.2, 0) is 6.54 Å². The number of aromatic nitrogens is 4. The molecule has 0 bridgehead atoms. The molecular formula is C26H25FN6O. The molecule has 0 unspecified atom stereocenters. The molecule has 1 aliphatic heterocycles. The van der Waals surface area contributed by atoms with Crippen molar-refractivity contribution in [3.8, 4) is 17.2 Å². The predicted octanol–water partition coefficient (Wildman–Crippen LogP) is 3.78. The maximum absolute atomic E-state index is 14.2. The van der Waals surface area contributed by atoms with E-state index in [0.717, 1.165) is 26.1 Å². The van der Waals surface area contributed by atoms with E-state index in [2.05, 4.69) is 37.4 Å². The van der Waals surface area contributed by atoms with E-state index < -0.39 is 0 Å². The third kappa shape index (κ3) is 4.58. The molecule has 2 aromatic carbocycles. The summed E-state index contributed by atoms with van der Waals surface area (Å²) >= 11 is 0. The van der Waals surface area contributed by atoms with Crippen LogP contribution in [0.2, 0.25) is 0 Å². The van der Waals surface area contributed by atoms with E-state index in [1.165, 1.54) is 22.5 Å². The van der Waals surface area contributed by atoms with Gasteiger partial charge in [0.1, 0.15) is 5.82 Å². The number of nitrogens with one attached hydrogen (secondary N) is 1. The molecule has 0 radical (unpaired) electrons. The first-order valence-electron chi connectivity index (χ1n) is 11.3. The van der Waals surface area contributed by atoms with Crippen molar-refractivity contribution in [3.05, 3.63) is 95.7 Å². The third-order valence-corrected chi connectivity index (χ3v) is 6.09. The van der Waals surface area contributed by atoms with Gasteiger partial charge < -0.3 is 5.32 Å². The second-order valence-electron chi connectivity index (χ2n) is 8.46. The first-order valence-corrected chi connectivity index (χ1v) is 11.3. The van der Waals surface area contributed by atoms with E-state index in [1.54, 1.807) is 37.4 Å². The summed E-state index contributed by atoms with van der Waals surface area (Å²) in [6.45, 7) is 4.42. The lowest BCUT2D eigenvalue weighted by Gasteiger charge is -2.16. The van der Waals surface area contributed by atoms with Crippen molar-refractivity contribution < 1.29 is 9.18 Å². The number of rotatable bonds is 6. The van der Waals surface area contributed by atoms with Crippen molar-refractivity contribution in [3.63, 3.8) is 0 Å². The van der Waals surface area contributed by atoms with Crippen LogP contribution in [0.3, 0.4) is 0 Å². The normalized spacial score (nSPS) is 16.0. The Labute approximate surface area is 197 Å². The van der Waals surface area contributed by atoms with Gasteiger partial charge in [-0.2, -0.15) is 5.10 Å². The van der Waals surface area contributed by atoms with Gasteiger partial charge in [0.25, 0.3) is 11.9 Å². The average Bonchev–Trinajstić information content (AvgIpc) is 3.46. The molecule has 2 aromatic heterocycles. The Morgan fingerprint density at radius 3 is 2.74 bits per heavy atom. The van der Waals surface area contributed by atoms with Crippen molar-refractivity contribution in [2.45, 2.75) is 25.9 Å². The number of halogens is 1. The maximum atomic E-state index is 14.2. The summed E-state index contributed by atoms with van der Waals surface area (Å²) in [6.07, 6.45) is 3.99. The molecule has 172 valence electrons. The Balaban J connectivity index is 1.28. The Hall–Kier alpha value is -3.91. The van der Waals surface area contributed by atoms with Crippen molar-refractivity contribution in [2.75, 3.05) is 13.1 Å². The van der Waals surface area contributed by atoms with Gasteiger partial charge in [0.2, 0.25) is 0 Å². The van der Waals surface area contributed by atoms with Crippen LogP contribution in [0.15, 0.2) is 73.1 Å². The largest absolute Gasteiger partial charge is 0.348 e. The van der Waals surface area contributed by atoms with Crippen molar-refractivity contribution in [1.29, 1.82) is 0 Å². The third-order valence-electron chi connectivity index (χ3n) is 6.09. The standard InChI is InChI=1S/C26H25FN6O/c1-18-22(25(34)30-20-12-14-32(17-20)16-19-7-3-2-4-8-19)15-29-33(18)26-28-13-11-24(31-26)21-9-5-6-10-23(21)27/h2-11,13,15,20H,12,14,16-17H2,1H3,(H,30,34)/t20-/m0/s1. The molecule has 1 saturated heterocycles. The molecule has 4 aromatic rings. The minimum Gasteiger partial charge on any atom is -0.348 e. The van der Waals surface area contributed by atoms with Crippen LogP contribution in [-0.4, -0.2) is 49.7 Å². The van der Waals surface area contributed by atoms with Gasteiger partial charge >= 0.3 is 0 Å². The van der Waals surface area contributed by atoms with Crippen LogP contribution in [0.25, 0.3) is 17.2 Å². The second kappa shape index (κ2) is 9.52. The van der Waals surface area contributed by atoms with E-state index >= 15 is 0 Å². The lowest BCUT2D eigenvalue weighted by atomic mass is 10.1. The zero-order valence-electron chi connectivity index (χ0n) is 18.9. The highest BCUT2D eigenvalue weighted by atomic mass is 19.1. The van der Waals surface area contributed by atoms with Crippen LogP contribution in [0.4, 0.5) is 4.39 Å². The van der Waals surface area contributed by atoms with Gasteiger partial charge in [0.05, 0.1) is 23.1 Å². The number of benzene rings is 2. The van der Waals surface area contributed by atoms with Crippen molar-refractivity contribution in [2.24, 2.45) is 0 Å². The highest BCUT2D eigenvalue weighted by Crippen LogP contribution is 2.21. The van der Waals surface area contributed by atoms with E-state index in [1.807, 2.05) is 18.2 Å². The molecule has 8 heteroatoms. The maximum Gasteiger partial charge on any atom is 0.255 e. The van der Waals surface area contributed by atoms with Gasteiger partial charge in [0.15, 0.2) is 0 Å². The van der Waals surface area contributed by atoms with Gasteiger partial charge in [-0.3, -0.25) is 9.69 Å². The molecule has 3 heterocycles. The molecule has 1 N–H and O–H groups in total. The number of carbonyl (C=O) groups is 1. The highest BCUT2D eigenvalue weighted by Gasteiger charge is 2.26. The molecule has 0 aliphatic carbocycles. The molecule has 0 saturated carbocycles. The zero-order valence-corrected chi connectivity index (χ0v) is 18.9. The van der Waals surface area contributed by atoms with Gasteiger partial charge in [-0.25, -0.2) is 19.0 Å². The predicted molar refractivity (Wildman–Crippen MR) is 127 cm³/mol. The smallest absolute Gasteiger partial charge is 0.255 e. The quantitative estimate of drug-likeness (QED) is 0.478. The molecule has 34 heavy (non-hydrogen) atoms. The Bertz CT molecular complexity index is 1310. The van der Waals surface area contributed by atoms with Crippen LogP contribution in [0.1, 0.15) is 28.0 Å². The monoisotopic (exact) mass is 456 g/mol. The number of hydrogen-bond acceptors (Lipinski definition) is 5. The lowest BCUT2D eigenvalue weighted by molar-refractivity contribution is 0.0937. The van der Waals surface area contributed by atoms with E-state index in [9.17, 15) is 9.18 Å². The Kier molecular flexibility index (Phi) is 6.14. The fraction of sp³-hybridized carbons (Fsp3) is 0.231. The summed E-state index contributed by atoms with van der Waals surface area (Å²) in [7, 11) is 0.